The number of rotatable bonds is 3. The maximum Gasteiger partial charge on any atom is 0.162 e. The molecule has 0 saturated carbocycles. The van der Waals surface area contributed by atoms with Gasteiger partial charge in [0, 0.05) is 29.1 Å². The molecule has 3 unspecified atom stereocenters. The van der Waals surface area contributed by atoms with Crippen LogP contribution in [0.25, 0.3) is 11.4 Å². The molecule has 2 aliphatic heterocycles. The van der Waals surface area contributed by atoms with Gasteiger partial charge in [-0.05, 0) is 34.6 Å². The minimum absolute atomic E-state index is 0.00633. The Labute approximate surface area is 203 Å². The van der Waals surface area contributed by atoms with Crippen LogP contribution in [-0.2, 0) is 5.41 Å². The van der Waals surface area contributed by atoms with E-state index >= 15 is 0 Å². The van der Waals surface area contributed by atoms with Gasteiger partial charge in [-0.2, -0.15) is 0 Å². The molecule has 4 nitrogen and oxygen atoms in total. The number of aromatic nitrogens is 2. The van der Waals surface area contributed by atoms with E-state index in [4.69, 9.17) is 9.97 Å². The number of benzene rings is 2. The van der Waals surface area contributed by atoms with E-state index in [9.17, 15) is 0 Å². The van der Waals surface area contributed by atoms with E-state index in [2.05, 4.69) is 119 Å². The SMILES string of the molecule is CC(C)c1cccc(C(C)C)c1-c1ncc2c(n1)N(C)C1N2c2ccccc2C2(C)C=CC12C. The summed E-state index contributed by atoms with van der Waals surface area (Å²) in [7, 11) is 2.20. The average Bonchev–Trinajstić information content (AvgIpc) is 3.13. The molecule has 0 radical (unpaired) electrons. The Bertz CT molecular complexity index is 1310. The summed E-state index contributed by atoms with van der Waals surface area (Å²) >= 11 is 0. The summed E-state index contributed by atoms with van der Waals surface area (Å²) in [6.07, 6.45) is 7.00. The fourth-order valence-corrected chi connectivity index (χ4v) is 6.53. The van der Waals surface area contributed by atoms with Gasteiger partial charge in [0.05, 0.1) is 6.20 Å². The van der Waals surface area contributed by atoms with Crippen LogP contribution in [-0.4, -0.2) is 23.2 Å². The molecule has 3 atom stereocenters. The van der Waals surface area contributed by atoms with Gasteiger partial charge >= 0.3 is 0 Å². The molecular weight excluding hydrogens is 416 g/mol. The average molecular weight is 451 g/mol. The van der Waals surface area contributed by atoms with Crippen molar-refractivity contribution in [3.8, 4) is 11.4 Å². The second-order valence-electron chi connectivity index (χ2n) is 11.2. The third-order valence-corrected chi connectivity index (χ3v) is 8.69. The molecule has 4 heteroatoms. The molecule has 6 rings (SSSR count). The molecule has 0 saturated heterocycles. The van der Waals surface area contributed by atoms with Crippen molar-refractivity contribution in [3.63, 3.8) is 0 Å². The van der Waals surface area contributed by atoms with Crippen molar-refractivity contribution < 1.29 is 0 Å². The number of nitrogens with zero attached hydrogens (tertiary/aromatic N) is 4. The summed E-state index contributed by atoms with van der Waals surface area (Å²) in [4.78, 5) is 15.1. The third-order valence-electron chi connectivity index (χ3n) is 8.69. The van der Waals surface area contributed by atoms with Crippen LogP contribution < -0.4 is 9.80 Å². The summed E-state index contributed by atoms with van der Waals surface area (Å²) in [5, 5.41) is 0. The molecule has 3 aliphatic rings. The highest BCUT2D eigenvalue weighted by molar-refractivity contribution is 5.87. The van der Waals surface area contributed by atoms with Crippen molar-refractivity contribution in [2.24, 2.45) is 5.41 Å². The number of hydrogen-bond donors (Lipinski definition) is 0. The number of hydrogen-bond acceptors (Lipinski definition) is 4. The van der Waals surface area contributed by atoms with Gasteiger partial charge in [0.1, 0.15) is 11.9 Å². The standard InChI is InChI=1S/C30H34N4/c1-18(2)20-11-10-12-21(19(3)4)25(20)26-31-17-24-27(32-26)33(7)28-30(6)16-15-29(30,5)22-13-8-9-14-23(22)34(24)28/h8-19,28H,1-7H3. The van der Waals surface area contributed by atoms with Crippen molar-refractivity contribution in [3.05, 3.63) is 77.5 Å². The maximum atomic E-state index is 5.27. The largest absolute Gasteiger partial charge is 0.336 e. The Morgan fingerprint density at radius 3 is 2.15 bits per heavy atom. The second kappa shape index (κ2) is 6.94. The van der Waals surface area contributed by atoms with Gasteiger partial charge in [0.15, 0.2) is 11.6 Å². The van der Waals surface area contributed by atoms with E-state index in [1.54, 1.807) is 0 Å². The Morgan fingerprint density at radius 2 is 1.53 bits per heavy atom. The lowest BCUT2D eigenvalue weighted by molar-refractivity contribution is 0.171. The van der Waals surface area contributed by atoms with Crippen molar-refractivity contribution >= 4 is 17.2 Å². The lowest BCUT2D eigenvalue weighted by Crippen LogP contribution is -2.64. The zero-order chi connectivity index (χ0) is 24.0. The first kappa shape index (κ1) is 21.4. The first-order valence-corrected chi connectivity index (χ1v) is 12.5. The lowest BCUT2D eigenvalue weighted by Gasteiger charge is -2.61. The Morgan fingerprint density at radius 1 is 0.853 bits per heavy atom. The highest BCUT2D eigenvalue weighted by Crippen LogP contribution is 2.65. The van der Waals surface area contributed by atoms with Crippen molar-refractivity contribution in [1.29, 1.82) is 0 Å². The molecule has 0 fully saturated rings. The summed E-state index contributed by atoms with van der Waals surface area (Å²) in [5.74, 6) is 2.66. The minimum atomic E-state index is -0.0180. The van der Waals surface area contributed by atoms with Crippen LogP contribution in [0.3, 0.4) is 0 Å². The summed E-state index contributed by atoms with van der Waals surface area (Å²) in [5.41, 5.74) is 7.57. The van der Waals surface area contributed by atoms with Gasteiger partial charge in [-0.3, -0.25) is 0 Å². The maximum absolute atomic E-state index is 5.27. The molecule has 2 aromatic carbocycles. The van der Waals surface area contributed by atoms with Gasteiger partial charge in [-0.25, -0.2) is 9.97 Å². The summed E-state index contributed by atoms with van der Waals surface area (Å²) in [6, 6.07) is 15.5. The van der Waals surface area contributed by atoms with Crippen LogP contribution in [0.2, 0.25) is 0 Å². The van der Waals surface area contributed by atoms with Crippen LogP contribution in [0.4, 0.5) is 17.2 Å². The predicted octanol–water partition coefficient (Wildman–Crippen LogP) is 7.15. The molecule has 0 spiro atoms. The minimum Gasteiger partial charge on any atom is -0.336 e. The Hall–Kier alpha value is -3.14. The molecule has 3 aromatic rings. The molecule has 174 valence electrons. The van der Waals surface area contributed by atoms with Crippen molar-refractivity contribution in [1.82, 2.24) is 9.97 Å². The normalized spacial score (nSPS) is 26.3. The molecule has 0 amide bonds. The zero-order valence-electron chi connectivity index (χ0n) is 21.3. The number of fused-ring (bicyclic) bond motifs is 8. The lowest BCUT2D eigenvalue weighted by atomic mass is 9.51. The molecule has 1 aromatic heterocycles. The van der Waals surface area contributed by atoms with E-state index in [0.29, 0.717) is 11.8 Å². The zero-order valence-corrected chi connectivity index (χ0v) is 21.3. The Kier molecular flexibility index (Phi) is 4.37. The third kappa shape index (κ3) is 2.49. The highest BCUT2D eigenvalue weighted by atomic mass is 15.5. The molecule has 3 heterocycles. The van der Waals surface area contributed by atoms with Crippen LogP contribution in [0.15, 0.2) is 60.8 Å². The molecule has 1 aliphatic carbocycles. The predicted molar refractivity (Wildman–Crippen MR) is 141 cm³/mol. The molecule has 34 heavy (non-hydrogen) atoms. The van der Waals surface area contributed by atoms with Crippen molar-refractivity contribution in [2.45, 2.75) is 65.0 Å². The van der Waals surface area contributed by atoms with Gasteiger partial charge in [-0.15, -0.1) is 0 Å². The summed E-state index contributed by atoms with van der Waals surface area (Å²) < 4.78 is 0. The molecule has 0 bridgehead atoms. The molecular formula is C30H34N4. The van der Waals surface area contributed by atoms with Gasteiger partial charge in [0.2, 0.25) is 0 Å². The van der Waals surface area contributed by atoms with Crippen LogP contribution in [0, 0.1) is 5.41 Å². The van der Waals surface area contributed by atoms with E-state index in [0.717, 1.165) is 17.3 Å². The summed E-state index contributed by atoms with van der Waals surface area (Å²) in [6.45, 7) is 13.8. The van der Waals surface area contributed by atoms with E-state index in [1.807, 2.05) is 0 Å². The van der Waals surface area contributed by atoms with Crippen LogP contribution in [0.1, 0.15) is 70.1 Å². The molecule has 0 N–H and O–H groups in total. The number of allylic oxidation sites excluding steroid dienone is 1. The van der Waals surface area contributed by atoms with Crippen molar-refractivity contribution in [2.75, 3.05) is 16.8 Å². The first-order chi connectivity index (χ1) is 16.2. The second-order valence-corrected chi connectivity index (χ2v) is 11.2. The van der Waals surface area contributed by atoms with Crippen LogP contribution >= 0.6 is 0 Å². The fourth-order valence-electron chi connectivity index (χ4n) is 6.53. The van der Waals surface area contributed by atoms with Gasteiger partial charge in [0.25, 0.3) is 0 Å². The quantitative estimate of drug-likeness (QED) is 0.397. The van der Waals surface area contributed by atoms with E-state index < -0.39 is 0 Å². The first-order valence-electron chi connectivity index (χ1n) is 12.5. The number of anilines is 3. The highest BCUT2D eigenvalue weighted by Gasteiger charge is 2.63. The van der Waals surface area contributed by atoms with Gasteiger partial charge in [-0.1, -0.05) is 90.1 Å². The van der Waals surface area contributed by atoms with E-state index in [-0.39, 0.29) is 17.0 Å². The number of para-hydroxylation sites is 1. The monoisotopic (exact) mass is 450 g/mol. The fraction of sp³-hybridized carbons (Fsp3) is 0.400. The van der Waals surface area contributed by atoms with E-state index in [1.165, 1.54) is 27.9 Å². The Balaban J connectivity index is 1.56. The van der Waals surface area contributed by atoms with Gasteiger partial charge < -0.3 is 9.80 Å². The topological polar surface area (TPSA) is 32.3 Å². The van der Waals surface area contributed by atoms with Crippen LogP contribution in [0.5, 0.6) is 0 Å². The smallest absolute Gasteiger partial charge is 0.162 e.